The Kier molecular flexibility index (Phi) is 16.3. The van der Waals surface area contributed by atoms with Crippen molar-refractivity contribution < 1.29 is 145 Å². The molecule has 41 nitrogen and oxygen atoms in total. The summed E-state index contributed by atoms with van der Waals surface area (Å²) in [5, 5.41) is 41.8. The van der Waals surface area contributed by atoms with Gasteiger partial charge in [-0.25, -0.2) is 66.4 Å². The van der Waals surface area contributed by atoms with Gasteiger partial charge in [0.2, 0.25) is 0 Å². The number of anilines is 2. The Hall–Kier alpha value is -2.38. The molecule has 0 aromatic carbocycles. The lowest BCUT2D eigenvalue weighted by Crippen LogP contribution is -2.33. The van der Waals surface area contributed by atoms with Crippen molar-refractivity contribution in [3.8, 4) is 0 Å². The zero-order valence-electron chi connectivity index (χ0n) is 32.8. The number of aromatic nitrogens is 8. The molecule has 49 heteroatoms. The molecule has 16 atom stereocenters. The van der Waals surface area contributed by atoms with Crippen LogP contribution in [0.3, 0.4) is 0 Å². The summed E-state index contributed by atoms with van der Waals surface area (Å²) in [6.07, 6.45) is -9.94. The number of phosphoric ester groups is 2. The maximum atomic E-state index is 12.4. The number of fused-ring (bicyclic) bond motifs is 2. The SMILES string of the molecule is Nc1ncnc2c1ncn2[C@@H]1O[C@H](COP(=O)(O)OP(=O)(O)OP(=O)(O)OP(=O)(O)OP(=O)(O)OP(=O)(O)OP(=O)(O)OP(=O)(O)OCC2O[C@@H](n3cnc4c(N)ncnc43)[C@H](O)[C@@H]2O)[C@@H](O)[C@H]1O. The quantitative estimate of drug-likeness (QED) is 0.0379. The first-order valence-electron chi connectivity index (χ1n) is 17.3. The highest BCUT2D eigenvalue weighted by atomic mass is 31.3. The smallest absolute Gasteiger partial charge is 0.387 e. The molecule has 2 fully saturated rings. The summed E-state index contributed by atoms with van der Waals surface area (Å²) in [6, 6.07) is 0. The summed E-state index contributed by atoms with van der Waals surface area (Å²) in [5.74, 6) is -0.180. The fraction of sp³-hybridized carbons (Fsp3) is 0.500. The van der Waals surface area contributed by atoms with Crippen molar-refractivity contribution in [2.45, 2.75) is 49.1 Å². The molecule has 0 bridgehead atoms. The Morgan fingerprint density at radius 2 is 0.725 bits per heavy atom. The van der Waals surface area contributed by atoms with Gasteiger partial charge >= 0.3 is 62.6 Å². The van der Waals surface area contributed by atoms with Crippen LogP contribution in [-0.2, 0) is 85.2 Å². The van der Waals surface area contributed by atoms with Crippen LogP contribution in [0.4, 0.5) is 11.6 Å². The summed E-state index contributed by atoms with van der Waals surface area (Å²) in [6.45, 7) is -2.55. The van der Waals surface area contributed by atoms with E-state index in [1.807, 2.05) is 0 Å². The first-order chi connectivity index (χ1) is 31.5. The minimum Gasteiger partial charge on any atom is -0.387 e. The number of aliphatic hydroxyl groups excluding tert-OH is 4. The summed E-state index contributed by atoms with van der Waals surface area (Å²) in [4.78, 5) is 101. The molecule has 16 N–H and O–H groups in total. The van der Waals surface area contributed by atoms with E-state index in [1.54, 1.807) is 0 Å². The van der Waals surface area contributed by atoms with Crippen LogP contribution in [0, 0.1) is 0 Å². The van der Waals surface area contributed by atoms with E-state index in [0.717, 1.165) is 34.4 Å². The zero-order valence-corrected chi connectivity index (χ0v) is 39.9. The number of hydrogen-bond acceptors (Lipinski definition) is 31. The van der Waals surface area contributed by atoms with Crippen LogP contribution in [0.5, 0.6) is 0 Å². The summed E-state index contributed by atoms with van der Waals surface area (Å²) < 4.78 is 145. The van der Waals surface area contributed by atoms with Gasteiger partial charge in [0, 0.05) is 0 Å². The Bertz CT molecular complexity index is 2780. The molecule has 2 saturated heterocycles. The van der Waals surface area contributed by atoms with Crippen LogP contribution in [0.1, 0.15) is 12.5 Å². The largest absolute Gasteiger partial charge is 0.490 e. The average Bonchev–Trinajstić information content (AvgIpc) is 3.92. The maximum Gasteiger partial charge on any atom is 0.490 e. The molecule has 0 amide bonds. The third-order valence-corrected chi connectivity index (χ3v) is 20.8. The molecule has 2 aliphatic heterocycles. The molecule has 4 aromatic heterocycles. The van der Waals surface area contributed by atoms with Gasteiger partial charge < -0.3 is 80.5 Å². The summed E-state index contributed by atoms with van der Waals surface area (Å²) >= 11 is 0. The van der Waals surface area contributed by atoms with Gasteiger partial charge in [0.1, 0.15) is 60.3 Å². The summed E-state index contributed by atoms with van der Waals surface area (Å²) in [5.41, 5.74) is 11.4. The van der Waals surface area contributed by atoms with Crippen molar-refractivity contribution in [1.82, 2.24) is 39.0 Å². The molecular weight excluding hydrogens is 1120 g/mol. The first kappa shape index (κ1) is 55.9. The number of hydrogen-bond donors (Lipinski definition) is 14. The van der Waals surface area contributed by atoms with Crippen LogP contribution in [0.25, 0.3) is 22.3 Å². The molecular formula is C20H32N10O31P8. The third-order valence-electron chi connectivity index (χ3n) is 8.25. The van der Waals surface area contributed by atoms with E-state index in [0.29, 0.717) is 0 Å². The molecule has 388 valence electrons. The fourth-order valence-corrected chi connectivity index (χ4v) is 16.4. The standard InChI is InChI=1S/C20H32N10O31P8/c21-15-9-17(25-3-23-15)29(5-27-9)19-13(33)11(31)7(53-19)1-51-62(35,36)55-64(39,40)57-66(43,44)59-68(47,48)61-69(49,50)60-67(45,46)58-65(41,42)56-63(37,38)52-2-8-12(32)14(34)20(54-8)30-6-28-10-16(22)24-4-26-18(10)30/h3-8,11-14,19-20,31-34H,1-2H2,(H,35,36)(H,37,38)(H,39,40)(H,41,42)(H,43,44)(H,45,46)(H,47,48)(H,49,50)(H2,21,23,25)(H2,22,24,26)/t7-,8?,11-,12-,13-,14-,19-,20-/m1/s1. The number of rotatable bonds is 22. The lowest BCUT2D eigenvalue weighted by molar-refractivity contribution is -0.0503. The van der Waals surface area contributed by atoms with Gasteiger partial charge in [-0.1, -0.05) is 0 Å². The van der Waals surface area contributed by atoms with Gasteiger partial charge in [-0.2, -0.15) is 30.2 Å². The highest BCUT2D eigenvalue weighted by Crippen LogP contribution is 2.77. The molecule has 6 heterocycles. The molecule has 69 heavy (non-hydrogen) atoms. The Morgan fingerprint density at radius 3 is 1.01 bits per heavy atom. The second kappa shape index (κ2) is 20.1. The van der Waals surface area contributed by atoms with Crippen molar-refractivity contribution in [2.75, 3.05) is 24.7 Å². The van der Waals surface area contributed by atoms with Crippen LogP contribution >= 0.6 is 62.6 Å². The van der Waals surface area contributed by atoms with Crippen molar-refractivity contribution in [1.29, 1.82) is 0 Å². The Balaban J connectivity index is 0.977. The molecule has 6 rings (SSSR count). The Morgan fingerprint density at radius 1 is 0.449 bits per heavy atom. The molecule has 0 spiro atoms. The van der Waals surface area contributed by atoms with E-state index >= 15 is 0 Å². The van der Waals surface area contributed by atoms with E-state index in [1.165, 1.54) is 0 Å². The number of nitrogens with two attached hydrogens (primary N) is 2. The number of ether oxygens (including phenoxy) is 2. The molecule has 0 saturated carbocycles. The monoisotopic (exact) mass is 1160 g/mol. The van der Waals surface area contributed by atoms with Crippen LogP contribution < -0.4 is 11.5 Å². The number of phosphoric acid groups is 8. The lowest BCUT2D eigenvalue weighted by atomic mass is 10.1. The zero-order chi connectivity index (χ0) is 51.5. The van der Waals surface area contributed by atoms with Crippen LogP contribution in [0.15, 0.2) is 25.3 Å². The van der Waals surface area contributed by atoms with Gasteiger partial charge in [0.25, 0.3) is 0 Å². The highest BCUT2D eigenvalue weighted by molar-refractivity contribution is 7.73. The minimum atomic E-state index is -6.83. The maximum absolute atomic E-state index is 12.4. The van der Waals surface area contributed by atoms with E-state index in [4.69, 9.17) is 20.9 Å². The number of aliphatic hydroxyl groups is 4. The Labute approximate surface area is 379 Å². The van der Waals surface area contributed by atoms with E-state index in [-0.39, 0.29) is 34.0 Å². The third kappa shape index (κ3) is 14.0. The highest BCUT2D eigenvalue weighted by Gasteiger charge is 2.53. The van der Waals surface area contributed by atoms with Gasteiger partial charge in [0.15, 0.2) is 35.4 Å². The van der Waals surface area contributed by atoms with Crippen molar-refractivity contribution >= 4 is 96.5 Å². The van der Waals surface area contributed by atoms with Crippen LogP contribution in [-0.4, -0.2) is 148 Å². The first-order valence-corrected chi connectivity index (χ1v) is 29.3. The van der Waals surface area contributed by atoms with E-state index in [2.05, 4.69) is 69.1 Å². The fourth-order valence-electron chi connectivity index (χ4n) is 5.69. The molecule has 0 radical (unpaired) electrons. The molecule has 9 unspecified atom stereocenters. The number of nitrogen functional groups attached to an aromatic ring is 2. The van der Waals surface area contributed by atoms with Crippen LogP contribution in [0.2, 0.25) is 0 Å². The predicted octanol–water partition coefficient (Wildman–Crippen LogP) is -1.98. The molecule has 0 aliphatic carbocycles. The minimum absolute atomic E-state index is 0.0108. The van der Waals surface area contributed by atoms with Crippen molar-refractivity contribution in [3.05, 3.63) is 25.3 Å². The average molecular weight is 1160 g/mol. The predicted molar refractivity (Wildman–Crippen MR) is 209 cm³/mol. The second-order valence-electron chi connectivity index (χ2n) is 13.2. The van der Waals surface area contributed by atoms with Crippen molar-refractivity contribution in [2.24, 2.45) is 0 Å². The lowest BCUT2D eigenvalue weighted by Gasteiger charge is -2.22. The molecule has 4 aromatic rings. The normalized spacial score (nSPS) is 30.3. The van der Waals surface area contributed by atoms with Gasteiger partial charge in [0.05, 0.1) is 25.9 Å². The summed E-state index contributed by atoms with van der Waals surface area (Å²) in [7, 11) is -52.3. The van der Waals surface area contributed by atoms with Gasteiger partial charge in [-0.05, 0) is 0 Å². The second-order valence-corrected chi connectivity index (χ2v) is 25.8. The number of nitrogens with zero attached hydrogens (tertiary/aromatic N) is 8. The number of imidazole rings is 2. The molecule has 2 aliphatic rings. The van der Waals surface area contributed by atoms with Crippen molar-refractivity contribution in [3.63, 3.8) is 0 Å². The van der Waals surface area contributed by atoms with Gasteiger partial charge in [-0.15, -0.1) is 0 Å². The topological polar surface area (TPSA) is 620 Å². The van der Waals surface area contributed by atoms with E-state index < -0.39 is 125 Å². The van der Waals surface area contributed by atoms with E-state index in [9.17, 15) is 96.1 Å². The van der Waals surface area contributed by atoms with Gasteiger partial charge in [-0.3, -0.25) is 18.2 Å².